The molecule has 5 nitrogen and oxygen atoms in total. The third-order valence-electron chi connectivity index (χ3n) is 4.61. The first-order valence-electron chi connectivity index (χ1n) is 7.32. The summed E-state index contributed by atoms with van der Waals surface area (Å²) in [4.78, 5) is 25.6. The summed E-state index contributed by atoms with van der Waals surface area (Å²) < 4.78 is 0. The molecule has 0 aliphatic carbocycles. The Morgan fingerprint density at radius 3 is 2.84 bits per heavy atom. The topological polar surface area (TPSA) is 61.4 Å². The van der Waals surface area contributed by atoms with E-state index in [1.165, 1.54) is 0 Å². The van der Waals surface area contributed by atoms with Gasteiger partial charge in [0.2, 0.25) is 5.91 Å². The van der Waals surface area contributed by atoms with Gasteiger partial charge in [0.05, 0.1) is 5.41 Å². The number of hydrogen-bond donors (Lipinski definition) is 2. The van der Waals surface area contributed by atoms with Crippen molar-refractivity contribution in [2.45, 2.75) is 38.1 Å². The molecule has 0 spiro atoms. The number of nitrogens with zero attached hydrogens (tertiary/aromatic N) is 1. The fourth-order valence-electron chi connectivity index (χ4n) is 3.52. The Labute approximate surface area is 115 Å². The van der Waals surface area contributed by atoms with Gasteiger partial charge in [0.25, 0.3) is 0 Å². The van der Waals surface area contributed by atoms with Crippen LogP contribution in [0.25, 0.3) is 0 Å². The van der Waals surface area contributed by atoms with Crippen molar-refractivity contribution in [2.24, 2.45) is 5.41 Å². The number of piperidine rings is 2. The lowest BCUT2D eigenvalue weighted by atomic mass is 9.76. The first-order chi connectivity index (χ1) is 9.22. The molecule has 1 atom stereocenters. The molecule has 2 fully saturated rings. The van der Waals surface area contributed by atoms with E-state index in [2.05, 4.69) is 15.5 Å². The van der Waals surface area contributed by atoms with Crippen molar-refractivity contribution in [3.05, 3.63) is 0 Å². The van der Waals surface area contributed by atoms with Gasteiger partial charge >= 0.3 is 0 Å². The van der Waals surface area contributed by atoms with Crippen molar-refractivity contribution >= 4 is 12.2 Å². The lowest BCUT2D eigenvalue weighted by molar-refractivity contribution is -0.137. The molecule has 2 aliphatic heterocycles. The summed E-state index contributed by atoms with van der Waals surface area (Å²) in [5, 5.41) is 6.12. The van der Waals surface area contributed by atoms with Gasteiger partial charge in [0.1, 0.15) is 6.29 Å². The third-order valence-corrected chi connectivity index (χ3v) is 4.61. The van der Waals surface area contributed by atoms with Gasteiger partial charge in [-0.2, -0.15) is 0 Å². The predicted octanol–water partition coefficient (Wildman–Crippen LogP) is 0.156. The van der Waals surface area contributed by atoms with Gasteiger partial charge in [0.15, 0.2) is 0 Å². The van der Waals surface area contributed by atoms with E-state index in [1.807, 2.05) is 0 Å². The van der Waals surface area contributed by atoms with E-state index in [-0.39, 0.29) is 5.91 Å². The molecule has 0 aromatic heterocycles. The Kier molecular flexibility index (Phi) is 4.93. The Morgan fingerprint density at radius 1 is 1.47 bits per heavy atom. The molecule has 2 aliphatic rings. The number of carbonyl (C=O) groups is 2. The largest absolute Gasteiger partial charge is 0.359 e. The van der Waals surface area contributed by atoms with Crippen LogP contribution in [0, 0.1) is 5.41 Å². The highest BCUT2D eigenvalue weighted by Crippen LogP contribution is 2.35. The monoisotopic (exact) mass is 267 g/mol. The fourth-order valence-corrected chi connectivity index (χ4v) is 3.52. The molecule has 0 radical (unpaired) electrons. The number of nitrogens with one attached hydrogen (secondary N) is 2. The van der Waals surface area contributed by atoms with E-state index in [0.717, 1.165) is 58.1 Å². The summed E-state index contributed by atoms with van der Waals surface area (Å²) >= 11 is 0. The van der Waals surface area contributed by atoms with Crippen LogP contribution in [0.2, 0.25) is 0 Å². The first-order valence-corrected chi connectivity index (χ1v) is 7.32. The van der Waals surface area contributed by atoms with Crippen LogP contribution in [0.3, 0.4) is 0 Å². The lowest BCUT2D eigenvalue weighted by Crippen LogP contribution is -2.55. The number of aldehydes is 1. The molecule has 108 valence electrons. The molecule has 2 rings (SSSR count). The van der Waals surface area contributed by atoms with E-state index in [1.54, 1.807) is 7.05 Å². The van der Waals surface area contributed by atoms with Crippen molar-refractivity contribution in [1.82, 2.24) is 15.5 Å². The van der Waals surface area contributed by atoms with Gasteiger partial charge in [-0.3, -0.25) is 9.69 Å². The average Bonchev–Trinajstić information content (AvgIpc) is 2.48. The maximum absolute atomic E-state index is 12.2. The van der Waals surface area contributed by atoms with Gasteiger partial charge in [-0.15, -0.1) is 0 Å². The second kappa shape index (κ2) is 6.48. The number of carbonyl (C=O) groups excluding carboxylic acids is 2. The minimum absolute atomic E-state index is 0.0261. The zero-order valence-electron chi connectivity index (χ0n) is 11.8. The minimum atomic E-state index is -0.500. The molecular weight excluding hydrogens is 242 g/mol. The van der Waals surface area contributed by atoms with Crippen molar-refractivity contribution in [3.63, 3.8) is 0 Å². The Morgan fingerprint density at radius 2 is 2.21 bits per heavy atom. The standard InChI is InChI=1S/C14H25N3O2/c1-15-13(19)14(6-10-18)5-2-9-17(11-14)12-3-7-16-8-4-12/h10,12,16H,2-9,11H2,1H3,(H,15,19). The maximum atomic E-state index is 12.2. The molecular formula is C14H25N3O2. The summed E-state index contributed by atoms with van der Waals surface area (Å²) in [5.41, 5.74) is -0.500. The molecule has 1 unspecified atom stereocenters. The van der Waals surface area contributed by atoms with E-state index in [4.69, 9.17) is 0 Å². The van der Waals surface area contributed by atoms with Crippen LogP contribution in [-0.4, -0.2) is 56.4 Å². The van der Waals surface area contributed by atoms with Crippen LogP contribution in [0.5, 0.6) is 0 Å². The van der Waals surface area contributed by atoms with Crippen molar-refractivity contribution in [1.29, 1.82) is 0 Å². The number of likely N-dealkylation sites (tertiary alicyclic amines) is 1. The molecule has 2 saturated heterocycles. The van der Waals surface area contributed by atoms with Gasteiger partial charge in [0, 0.05) is 26.1 Å². The molecule has 2 heterocycles. The highest BCUT2D eigenvalue weighted by Gasteiger charge is 2.42. The second-order valence-corrected chi connectivity index (χ2v) is 5.79. The van der Waals surface area contributed by atoms with Gasteiger partial charge in [-0.1, -0.05) is 0 Å². The van der Waals surface area contributed by atoms with E-state index in [9.17, 15) is 9.59 Å². The van der Waals surface area contributed by atoms with Crippen LogP contribution in [0.1, 0.15) is 32.1 Å². The fraction of sp³-hybridized carbons (Fsp3) is 0.857. The summed E-state index contributed by atoms with van der Waals surface area (Å²) in [6.45, 7) is 3.90. The number of amides is 1. The summed E-state index contributed by atoms with van der Waals surface area (Å²) in [6.07, 6.45) is 5.36. The van der Waals surface area contributed by atoms with Gasteiger partial charge < -0.3 is 15.4 Å². The smallest absolute Gasteiger partial charge is 0.227 e. The highest BCUT2D eigenvalue weighted by atomic mass is 16.2. The Bertz CT molecular complexity index is 329. The van der Waals surface area contributed by atoms with Crippen LogP contribution >= 0.6 is 0 Å². The minimum Gasteiger partial charge on any atom is -0.359 e. The maximum Gasteiger partial charge on any atom is 0.227 e. The summed E-state index contributed by atoms with van der Waals surface area (Å²) in [5.74, 6) is 0.0261. The van der Waals surface area contributed by atoms with E-state index >= 15 is 0 Å². The van der Waals surface area contributed by atoms with Crippen molar-refractivity contribution in [2.75, 3.05) is 33.2 Å². The molecule has 0 aromatic rings. The van der Waals surface area contributed by atoms with Crippen LogP contribution < -0.4 is 10.6 Å². The lowest BCUT2D eigenvalue weighted by Gasteiger charge is -2.45. The van der Waals surface area contributed by atoms with E-state index in [0.29, 0.717) is 12.5 Å². The third kappa shape index (κ3) is 3.15. The Hall–Kier alpha value is -0.940. The highest BCUT2D eigenvalue weighted by molar-refractivity contribution is 5.85. The van der Waals surface area contributed by atoms with Gasteiger partial charge in [-0.05, 0) is 45.3 Å². The number of hydrogen-bond acceptors (Lipinski definition) is 4. The molecule has 0 aromatic carbocycles. The Balaban J connectivity index is 2.07. The SMILES string of the molecule is CNC(=O)C1(CC=O)CCCN(C2CCNCC2)C1. The normalized spacial score (nSPS) is 29.9. The quantitative estimate of drug-likeness (QED) is 0.712. The predicted molar refractivity (Wildman–Crippen MR) is 73.9 cm³/mol. The second-order valence-electron chi connectivity index (χ2n) is 5.79. The molecule has 0 saturated carbocycles. The first kappa shape index (κ1) is 14.5. The average molecular weight is 267 g/mol. The molecule has 2 N–H and O–H groups in total. The van der Waals surface area contributed by atoms with Crippen LogP contribution in [0.15, 0.2) is 0 Å². The van der Waals surface area contributed by atoms with Crippen molar-refractivity contribution in [3.8, 4) is 0 Å². The molecule has 5 heteroatoms. The van der Waals surface area contributed by atoms with E-state index < -0.39 is 5.41 Å². The molecule has 19 heavy (non-hydrogen) atoms. The van der Waals surface area contributed by atoms with Crippen LogP contribution in [-0.2, 0) is 9.59 Å². The summed E-state index contributed by atoms with van der Waals surface area (Å²) in [7, 11) is 1.67. The zero-order chi connectivity index (χ0) is 13.7. The molecule has 0 bridgehead atoms. The zero-order valence-corrected chi connectivity index (χ0v) is 11.8. The molecule has 1 amide bonds. The van der Waals surface area contributed by atoms with Crippen LogP contribution in [0.4, 0.5) is 0 Å². The van der Waals surface area contributed by atoms with Gasteiger partial charge in [-0.25, -0.2) is 0 Å². The summed E-state index contributed by atoms with van der Waals surface area (Å²) in [6, 6.07) is 0.567. The number of rotatable bonds is 4. The van der Waals surface area contributed by atoms with Crippen molar-refractivity contribution < 1.29 is 9.59 Å².